The van der Waals surface area contributed by atoms with Gasteiger partial charge in [0.05, 0.1) is 6.61 Å². The molecular formula is C14H22NO2PS. The van der Waals surface area contributed by atoms with E-state index in [1.807, 2.05) is 6.07 Å². The van der Waals surface area contributed by atoms with Crippen molar-refractivity contribution in [3.8, 4) is 5.75 Å². The summed E-state index contributed by atoms with van der Waals surface area (Å²) in [6.07, 6.45) is 4.47. The number of rotatable bonds is 6. The third-order valence-corrected chi connectivity index (χ3v) is 5.55. The van der Waals surface area contributed by atoms with E-state index in [2.05, 4.69) is 31.1 Å². The Morgan fingerprint density at radius 2 is 2.16 bits per heavy atom. The summed E-state index contributed by atoms with van der Waals surface area (Å²) in [4.78, 5) is 0. The Morgan fingerprint density at radius 1 is 1.32 bits per heavy atom. The second kappa shape index (κ2) is 6.85. The van der Waals surface area contributed by atoms with Crippen LogP contribution in [0.1, 0.15) is 44.2 Å². The molecule has 1 atom stereocenters. The quantitative estimate of drug-likeness (QED) is 0.631. The van der Waals surface area contributed by atoms with Gasteiger partial charge in [0, 0.05) is 12.1 Å². The lowest BCUT2D eigenvalue weighted by Gasteiger charge is -2.29. The molecule has 0 saturated heterocycles. The van der Waals surface area contributed by atoms with Crippen LogP contribution in [-0.4, -0.2) is 6.54 Å². The highest BCUT2D eigenvalue weighted by atomic mass is 32.5. The standard InChI is InChI=1S/C14H22NO2PS/c1-3-5-9-15-18(19)16-11-13-10-12(6-4-2)7-8-14(13)17-18/h7-8,10H,3-6,9,11H2,1-2H3,(H,15,19). The van der Waals surface area contributed by atoms with Gasteiger partial charge in [-0.25, -0.2) is 5.09 Å². The van der Waals surface area contributed by atoms with Crippen LogP contribution in [0.4, 0.5) is 0 Å². The van der Waals surface area contributed by atoms with Crippen LogP contribution in [0.2, 0.25) is 0 Å². The van der Waals surface area contributed by atoms with Crippen molar-refractivity contribution in [3.05, 3.63) is 29.3 Å². The molecule has 1 aromatic rings. The molecule has 2 rings (SSSR count). The fourth-order valence-corrected chi connectivity index (χ4v) is 4.12. The van der Waals surface area contributed by atoms with Gasteiger partial charge < -0.3 is 9.05 Å². The van der Waals surface area contributed by atoms with Crippen molar-refractivity contribution >= 4 is 18.4 Å². The van der Waals surface area contributed by atoms with E-state index >= 15 is 0 Å². The first-order chi connectivity index (χ1) is 9.17. The maximum Gasteiger partial charge on any atom is 0.313 e. The molecule has 1 aromatic carbocycles. The number of benzene rings is 1. The maximum absolute atomic E-state index is 5.89. The zero-order chi connectivity index (χ0) is 13.7. The van der Waals surface area contributed by atoms with E-state index in [0.29, 0.717) is 6.61 Å². The first-order valence-electron chi connectivity index (χ1n) is 6.98. The summed E-state index contributed by atoms with van der Waals surface area (Å²) in [5.41, 5.74) is 2.45. The summed E-state index contributed by atoms with van der Waals surface area (Å²) in [5, 5.41) is 3.26. The van der Waals surface area contributed by atoms with Crippen LogP contribution < -0.4 is 9.61 Å². The zero-order valence-electron chi connectivity index (χ0n) is 11.6. The molecule has 1 unspecified atom stereocenters. The van der Waals surface area contributed by atoms with E-state index in [4.69, 9.17) is 20.9 Å². The van der Waals surface area contributed by atoms with Gasteiger partial charge in [0.25, 0.3) is 0 Å². The summed E-state index contributed by atoms with van der Waals surface area (Å²) < 4.78 is 11.7. The maximum atomic E-state index is 5.89. The van der Waals surface area contributed by atoms with E-state index in [9.17, 15) is 0 Å². The van der Waals surface area contributed by atoms with Crippen LogP contribution >= 0.6 is 6.64 Å². The van der Waals surface area contributed by atoms with Gasteiger partial charge in [-0.05, 0) is 42.3 Å². The lowest BCUT2D eigenvalue weighted by atomic mass is 10.1. The van der Waals surface area contributed by atoms with Gasteiger partial charge in [-0.3, -0.25) is 0 Å². The average Bonchev–Trinajstić information content (AvgIpc) is 2.40. The summed E-state index contributed by atoms with van der Waals surface area (Å²) in [5.74, 6) is 0.887. The number of hydrogen-bond acceptors (Lipinski definition) is 3. The van der Waals surface area contributed by atoms with Gasteiger partial charge in [-0.1, -0.05) is 32.8 Å². The van der Waals surface area contributed by atoms with Crippen LogP contribution in [-0.2, 0) is 29.4 Å². The smallest absolute Gasteiger partial charge is 0.313 e. The van der Waals surface area contributed by atoms with Crippen LogP contribution in [0, 0.1) is 0 Å². The zero-order valence-corrected chi connectivity index (χ0v) is 13.4. The van der Waals surface area contributed by atoms with E-state index < -0.39 is 6.64 Å². The number of fused-ring (bicyclic) bond motifs is 1. The minimum Gasteiger partial charge on any atom is -0.432 e. The van der Waals surface area contributed by atoms with Crippen molar-refractivity contribution in [2.24, 2.45) is 0 Å². The third-order valence-electron chi connectivity index (χ3n) is 3.11. The van der Waals surface area contributed by atoms with Crippen molar-refractivity contribution in [1.29, 1.82) is 0 Å². The number of unbranched alkanes of at least 4 members (excludes halogenated alkanes) is 1. The Bertz CT molecular complexity index is 479. The molecule has 1 aliphatic heterocycles. The van der Waals surface area contributed by atoms with Crippen LogP contribution in [0.3, 0.4) is 0 Å². The lowest BCUT2D eigenvalue weighted by molar-refractivity contribution is 0.267. The molecule has 5 heteroatoms. The van der Waals surface area contributed by atoms with Gasteiger partial charge in [-0.2, -0.15) is 0 Å². The van der Waals surface area contributed by atoms with E-state index in [0.717, 1.165) is 43.5 Å². The highest BCUT2D eigenvalue weighted by Gasteiger charge is 2.26. The van der Waals surface area contributed by atoms with Gasteiger partial charge >= 0.3 is 6.64 Å². The molecule has 1 aliphatic rings. The second-order valence-electron chi connectivity index (χ2n) is 4.82. The molecule has 19 heavy (non-hydrogen) atoms. The fraction of sp³-hybridized carbons (Fsp3) is 0.571. The molecule has 1 heterocycles. The fourth-order valence-electron chi connectivity index (χ4n) is 2.06. The van der Waals surface area contributed by atoms with Crippen molar-refractivity contribution in [2.75, 3.05) is 6.54 Å². The average molecular weight is 299 g/mol. The molecule has 0 radical (unpaired) electrons. The van der Waals surface area contributed by atoms with Crippen molar-refractivity contribution < 1.29 is 9.05 Å². The summed E-state index contributed by atoms with van der Waals surface area (Å²) in [6, 6.07) is 6.33. The second-order valence-corrected chi connectivity index (χ2v) is 8.01. The van der Waals surface area contributed by atoms with Crippen LogP contribution in [0.25, 0.3) is 0 Å². The van der Waals surface area contributed by atoms with E-state index in [1.165, 1.54) is 5.56 Å². The van der Waals surface area contributed by atoms with Crippen LogP contribution in [0.15, 0.2) is 18.2 Å². The monoisotopic (exact) mass is 299 g/mol. The first kappa shape index (κ1) is 15.0. The number of aryl methyl sites for hydroxylation is 1. The molecular weight excluding hydrogens is 277 g/mol. The first-order valence-corrected chi connectivity index (χ1v) is 9.62. The number of hydrogen-bond donors (Lipinski definition) is 1. The lowest BCUT2D eigenvalue weighted by Crippen LogP contribution is -2.20. The summed E-state index contributed by atoms with van der Waals surface area (Å²) in [7, 11) is 0. The van der Waals surface area contributed by atoms with Crippen molar-refractivity contribution in [2.45, 2.75) is 46.1 Å². The molecule has 1 N–H and O–H groups in total. The van der Waals surface area contributed by atoms with Gasteiger partial charge in [-0.15, -0.1) is 0 Å². The topological polar surface area (TPSA) is 30.5 Å². The normalized spacial score (nSPS) is 21.8. The predicted molar refractivity (Wildman–Crippen MR) is 83.0 cm³/mol. The van der Waals surface area contributed by atoms with E-state index in [-0.39, 0.29) is 0 Å². The largest absolute Gasteiger partial charge is 0.432 e. The Labute approximate surface area is 120 Å². The minimum absolute atomic E-state index is 0.559. The minimum atomic E-state index is -2.32. The molecule has 0 saturated carbocycles. The Kier molecular flexibility index (Phi) is 5.40. The molecule has 106 valence electrons. The third kappa shape index (κ3) is 4.03. The van der Waals surface area contributed by atoms with Gasteiger partial charge in [0.2, 0.25) is 0 Å². The van der Waals surface area contributed by atoms with Gasteiger partial charge in [0.15, 0.2) is 0 Å². The number of nitrogens with one attached hydrogen (secondary N) is 1. The molecule has 0 aliphatic carbocycles. The van der Waals surface area contributed by atoms with Gasteiger partial charge in [0.1, 0.15) is 5.75 Å². The SMILES string of the molecule is CCCCNP1(=S)OCc2cc(CCC)ccc2O1. The predicted octanol–water partition coefficient (Wildman–Crippen LogP) is 4.16. The molecule has 0 spiro atoms. The molecule has 3 nitrogen and oxygen atoms in total. The Morgan fingerprint density at radius 3 is 2.89 bits per heavy atom. The van der Waals surface area contributed by atoms with E-state index in [1.54, 1.807) is 0 Å². The molecule has 0 amide bonds. The Balaban J connectivity index is 2.05. The summed E-state index contributed by atoms with van der Waals surface area (Å²) >= 11 is 5.48. The Hall–Kier alpha value is -0.410. The molecule has 0 aromatic heterocycles. The van der Waals surface area contributed by atoms with Crippen molar-refractivity contribution in [1.82, 2.24) is 5.09 Å². The molecule has 0 bridgehead atoms. The van der Waals surface area contributed by atoms with Crippen LogP contribution in [0.5, 0.6) is 5.75 Å². The molecule has 0 fully saturated rings. The van der Waals surface area contributed by atoms with Crippen molar-refractivity contribution in [3.63, 3.8) is 0 Å². The highest BCUT2D eigenvalue weighted by molar-refractivity contribution is 8.09. The highest BCUT2D eigenvalue weighted by Crippen LogP contribution is 2.50. The summed E-state index contributed by atoms with van der Waals surface area (Å²) in [6.45, 7) is 3.43.